The summed E-state index contributed by atoms with van der Waals surface area (Å²) in [6, 6.07) is 7.66. The number of methoxy groups -OCH3 is 1. The number of imidazole rings is 1. The van der Waals surface area contributed by atoms with Gasteiger partial charge in [-0.15, -0.1) is 0 Å². The summed E-state index contributed by atoms with van der Waals surface area (Å²) in [4.78, 5) is 20.0. The van der Waals surface area contributed by atoms with Gasteiger partial charge < -0.3 is 10.5 Å². The number of benzene rings is 1. The normalized spacial score (nSPS) is 10.8. The van der Waals surface area contributed by atoms with Crippen LogP contribution in [-0.2, 0) is 4.74 Å². The van der Waals surface area contributed by atoms with Gasteiger partial charge in [0.25, 0.3) is 0 Å². The fourth-order valence-electron chi connectivity index (χ4n) is 2.12. The van der Waals surface area contributed by atoms with Crippen molar-refractivity contribution in [1.82, 2.24) is 14.5 Å². The van der Waals surface area contributed by atoms with Gasteiger partial charge in [0, 0.05) is 16.1 Å². The highest BCUT2D eigenvalue weighted by atomic mass is 79.9. The minimum absolute atomic E-state index is 0.0895. The monoisotopic (exact) mass is 346 g/mol. The molecule has 0 aliphatic rings. The van der Waals surface area contributed by atoms with Crippen molar-refractivity contribution < 1.29 is 9.53 Å². The number of fused-ring (bicyclic) bond motifs is 1. The van der Waals surface area contributed by atoms with Crippen molar-refractivity contribution in [3.63, 3.8) is 0 Å². The van der Waals surface area contributed by atoms with Crippen molar-refractivity contribution in [2.24, 2.45) is 0 Å². The molecule has 0 unspecified atom stereocenters. The maximum Gasteiger partial charge on any atom is 0.360 e. The molecule has 21 heavy (non-hydrogen) atoms. The van der Waals surface area contributed by atoms with E-state index in [0.717, 1.165) is 21.1 Å². The van der Waals surface area contributed by atoms with Crippen LogP contribution in [0.3, 0.4) is 0 Å². The molecule has 0 atom stereocenters. The molecule has 0 saturated carbocycles. The van der Waals surface area contributed by atoms with Crippen LogP contribution in [0.4, 0.5) is 5.82 Å². The second-order valence-corrected chi connectivity index (χ2v) is 5.26. The summed E-state index contributed by atoms with van der Waals surface area (Å²) in [5, 5.41) is 0.953. The summed E-state index contributed by atoms with van der Waals surface area (Å²) in [7, 11) is 1.29. The number of hydrogen-bond donors (Lipinski definition) is 1. The van der Waals surface area contributed by atoms with Crippen LogP contribution in [0.5, 0.6) is 0 Å². The predicted molar refractivity (Wildman–Crippen MR) is 82.3 cm³/mol. The third-order valence-corrected chi connectivity index (χ3v) is 3.53. The molecule has 2 heterocycles. The average molecular weight is 347 g/mol. The summed E-state index contributed by atoms with van der Waals surface area (Å²) in [6.45, 7) is 0. The third kappa shape index (κ3) is 2.25. The van der Waals surface area contributed by atoms with Gasteiger partial charge in [-0.1, -0.05) is 12.1 Å². The second-order valence-electron chi connectivity index (χ2n) is 4.34. The molecular weight excluding hydrogens is 336 g/mol. The maximum absolute atomic E-state index is 11.6. The van der Waals surface area contributed by atoms with E-state index in [0.29, 0.717) is 0 Å². The van der Waals surface area contributed by atoms with Crippen LogP contribution in [0.15, 0.2) is 41.3 Å². The molecule has 0 radical (unpaired) electrons. The van der Waals surface area contributed by atoms with Gasteiger partial charge in [-0.05, 0) is 28.1 Å². The topological polar surface area (TPSA) is 83.0 Å². The number of halogens is 1. The van der Waals surface area contributed by atoms with Crippen LogP contribution in [0.2, 0.25) is 0 Å². The van der Waals surface area contributed by atoms with Crippen LogP contribution in [-0.4, -0.2) is 27.6 Å². The van der Waals surface area contributed by atoms with Crippen LogP contribution in [0, 0.1) is 0 Å². The number of pyridine rings is 1. The molecule has 1 aromatic carbocycles. The Hall–Kier alpha value is -2.41. The number of hydrogen-bond acceptors (Lipinski definition) is 5. The van der Waals surface area contributed by atoms with Crippen LogP contribution < -0.4 is 5.73 Å². The Labute approximate surface area is 128 Å². The number of carbonyl (C=O) groups excluding carboxylic acids is 1. The van der Waals surface area contributed by atoms with E-state index < -0.39 is 5.97 Å². The first-order chi connectivity index (χ1) is 10.1. The highest BCUT2D eigenvalue weighted by molar-refractivity contribution is 9.10. The lowest BCUT2D eigenvalue weighted by molar-refractivity contribution is 0.0596. The lowest BCUT2D eigenvalue weighted by Crippen LogP contribution is -2.07. The quantitative estimate of drug-likeness (QED) is 0.721. The van der Waals surface area contributed by atoms with E-state index in [4.69, 9.17) is 5.73 Å². The number of anilines is 1. The number of rotatable bonds is 2. The molecule has 0 saturated heterocycles. The van der Waals surface area contributed by atoms with E-state index in [1.54, 1.807) is 10.8 Å². The van der Waals surface area contributed by atoms with Gasteiger partial charge in [0.2, 0.25) is 0 Å². The Bertz CT molecular complexity index is 844. The molecule has 0 spiro atoms. The fourth-order valence-corrected chi connectivity index (χ4v) is 2.47. The summed E-state index contributed by atoms with van der Waals surface area (Å²) in [6.07, 6.45) is 3.19. The second kappa shape index (κ2) is 5.17. The smallest absolute Gasteiger partial charge is 0.360 e. The van der Waals surface area contributed by atoms with Crippen molar-refractivity contribution in [3.05, 3.63) is 47.0 Å². The molecule has 3 aromatic rings. The molecule has 0 fully saturated rings. The van der Waals surface area contributed by atoms with E-state index in [2.05, 4.69) is 30.6 Å². The molecule has 3 rings (SSSR count). The number of para-hydroxylation sites is 1. The Morgan fingerprint density at radius 1 is 1.38 bits per heavy atom. The Morgan fingerprint density at radius 2 is 2.19 bits per heavy atom. The van der Waals surface area contributed by atoms with Gasteiger partial charge in [-0.3, -0.25) is 9.55 Å². The number of carbonyl (C=O) groups is 1. The molecule has 7 heteroatoms. The van der Waals surface area contributed by atoms with Crippen molar-refractivity contribution >= 4 is 38.6 Å². The lowest BCUT2D eigenvalue weighted by Gasteiger charge is -2.08. The fraction of sp³-hybridized carbons (Fsp3) is 0.0714. The first-order valence-electron chi connectivity index (χ1n) is 6.07. The van der Waals surface area contributed by atoms with Gasteiger partial charge in [0.1, 0.15) is 12.1 Å². The molecule has 0 aliphatic heterocycles. The van der Waals surface area contributed by atoms with Crippen LogP contribution in [0.1, 0.15) is 10.5 Å². The van der Waals surface area contributed by atoms with Gasteiger partial charge in [-0.25, -0.2) is 9.78 Å². The average Bonchev–Trinajstić information content (AvgIpc) is 2.87. The van der Waals surface area contributed by atoms with Crippen molar-refractivity contribution in [3.8, 4) is 5.69 Å². The number of esters is 1. The molecule has 106 valence electrons. The third-order valence-electron chi connectivity index (χ3n) is 3.10. The molecule has 2 aromatic heterocycles. The summed E-state index contributed by atoms with van der Waals surface area (Å²) in [5.74, 6) is -0.346. The minimum atomic E-state index is -0.567. The molecular formula is C14H11BrN4O2. The van der Waals surface area contributed by atoms with E-state index in [1.165, 1.54) is 13.4 Å². The molecule has 0 bridgehead atoms. The summed E-state index contributed by atoms with van der Waals surface area (Å²) >= 11 is 3.39. The van der Waals surface area contributed by atoms with Gasteiger partial charge in [0.15, 0.2) is 5.69 Å². The van der Waals surface area contributed by atoms with E-state index in [1.807, 2.05) is 24.3 Å². The minimum Gasteiger partial charge on any atom is -0.464 e. The first kappa shape index (κ1) is 13.6. The summed E-state index contributed by atoms with van der Waals surface area (Å²) in [5.41, 5.74) is 7.60. The Balaban J connectivity index is 2.22. The number of aromatic nitrogens is 3. The zero-order valence-corrected chi connectivity index (χ0v) is 12.7. The van der Waals surface area contributed by atoms with Gasteiger partial charge in [0.05, 0.1) is 18.3 Å². The lowest BCUT2D eigenvalue weighted by atomic mass is 10.2. The zero-order chi connectivity index (χ0) is 15.0. The number of nitrogens with two attached hydrogens (primary N) is 1. The Kier molecular flexibility index (Phi) is 3.34. The molecule has 2 N–H and O–H groups in total. The molecule has 6 nitrogen and oxygen atoms in total. The van der Waals surface area contributed by atoms with Crippen molar-refractivity contribution in [2.45, 2.75) is 0 Å². The van der Waals surface area contributed by atoms with E-state index >= 15 is 0 Å². The molecule has 0 aliphatic carbocycles. The maximum atomic E-state index is 11.6. The van der Waals surface area contributed by atoms with Crippen molar-refractivity contribution in [1.29, 1.82) is 0 Å². The van der Waals surface area contributed by atoms with Gasteiger partial charge in [-0.2, -0.15) is 0 Å². The SMILES string of the molecule is COC(=O)c1ncn(-c2cccc3cc(Br)cnc23)c1N. The highest BCUT2D eigenvalue weighted by Gasteiger charge is 2.18. The number of ether oxygens (including phenoxy) is 1. The number of nitrogen functional groups attached to an aromatic ring is 1. The van der Waals surface area contributed by atoms with E-state index in [-0.39, 0.29) is 11.5 Å². The van der Waals surface area contributed by atoms with E-state index in [9.17, 15) is 4.79 Å². The summed E-state index contributed by atoms with van der Waals surface area (Å²) < 4.78 is 7.16. The zero-order valence-electron chi connectivity index (χ0n) is 11.1. The standard InChI is InChI=1S/C14H11BrN4O2/c1-21-14(20)12-13(16)19(7-18-12)10-4-2-3-8-5-9(15)6-17-11(8)10/h2-7H,16H2,1H3. The van der Waals surface area contributed by atoms with Crippen LogP contribution in [0.25, 0.3) is 16.6 Å². The van der Waals surface area contributed by atoms with Gasteiger partial charge >= 0.3 is 5.97 Å². The van der Waals surface area contributed by atoms with Crippen LogP contribution >= 0.6 is 15.9 Å². The van der Waals surface area contributed by atoms with Crippen molar-refractivity contribution in [2.75, 3.05) is 12.8 Å². The first-order valence-corrected chi connectivity index (χ1v) is 6.87. The Morgan fingerprint density at radius 3 is 2.95 bits per heavy atom. The molecule has 0 amide bonds. The largest absolute Gasteiger partial charge is 0.464 e. The predicted octanol–water partition coefficient (Wildman–Crippen LogP) is 2.55. The highest BCUT2D eigenvalue weighted by Crippen LogP contribution is 2.26. The number of nitrogens with zero attached hydrogens (tertiary/aromatic N) is 3.